The fraction of sp³-hybridized carbons (Fsp3) is 0.727. The molecule has 0 aliphatic heterocycles. The Balaban J connectivity index is 2.36. The topological polar surface area (TPSA) is 104 Å². The molecule has 0 amide bonds. The number of aliphatic hydroxyl groups is 1. The summed E-state index contributed by atoms with van der Waals surface area (Å²) >= 11 is 0. The molecule has 1 aromatic rings. The number of nitrogens with zero attached hydrogens (tertiary/aromatic N) is 1. The van der Waals surface area contributed by atoms with Crippen molar-refractivity contribution < 1.29 is 18.3 Å². The third-order valence-electron chi connectivity index (χ3n) is 2.33. The van der Waals surface area contributed by atoms with Gasteiger partial charge in [-0.2, -0.15) is 5.10 Å². The molecule has 0 atom stereocenters. The van der Waals surface area contributed by atoms with E-state index in [9.17, 15) is 8.42 Å². The maximum atomic E-state index is 11.9. The van der Waals surface area contributed by atoms with Gasteiger partial charge in [0.05, 0.1) is 12.8 Å². The Hall–Kier alpha value is -0.960. The van der Waals surface area contributed by atoms with Gasteiger partial charge >= 0.3 is 0 Å². The van der Waals surface area contributed by atoms with E-state index in [-0.39, 0.29) is 23.7 Å². The molecule has 8 heteroatoms. The van der Waals surface area contributed by atoms with Crippen LogP contribution in [-0.4, -0.2) is 43.5 Å². The molecule has 0 spiro atoms. The maximum absolute atomic E-state index is 11.9. The predicted octanol–water partition coefficient (Wildman–Crippen LogP) is 0.243. The number of aliphatic hydroxyl groups excluding tert-OH is 1. The van der Waals surface area contributed by atoms with Crippen molar-refractivity contribution in [2.45, 2.75) is 31.9 Å². The molecular formula is C11H21N3O4S. The van der Waals surface area contributed by atoms with Crippen LogP contribution in [0.3, 0.4) is 0 Å². The number of ether oxygens (including phenoxy) is 1. The first-order valence-electron chi connectivity index (χ1n) is 6.18. The standard InChI is InChI=1S/C11H21N3O4S/c1-9(2)8-18-5-3-4-13-19(16,17)11-10(7-15)6-12-14-11/h6,9,13,15H,3-5,7-8H2,1-2H3,(H,12,14). The molecule has 0 unspecified atom stereocenters. The van der Waals surface area contributed by atoms with Crippen molar-refractivity contribution in [3.05, 3.63) is 11.8 Å². The number of nitrogens with one attached hydrogen (secondary N) is 2. The molecule has 19 heavy (non-hydrogen) atoms. The van der Waals surface area contributed by atoms with Crippen LogP contribution < -0.4 is 4.72 Å². The number of sulfonamides is 1. The molecule has 0 radical (unpaired) electrons. The van der Waals surface area contributed by atoms with Crippen LogP contribution >= 0.6 is 0 Å². The van der Waals surface area contributed by atoms with Crippen molar-refractivity contribution in [3.8, 4) is 0 Å². The minimum Gasteiger partial charge on any atom is -0.392 e. The minimum absolute atomic E-state index is 0.0851. The van der Waals surface area contributed by atoms with Gasteiger partial charge in [-0.05, 0) is 12.3 Å². The highest BCUT2D eigenvalue weighted by atomic mass is 32.2. The van der Waals surface area contributed by atoms with E-state index >= 15 is 0 Å². The number of H-pyrrole nitrogens is 1. The summed E-state index contributed by atoms with van der Waals surface area (Å²) in [6.45, 7) is 5.20. The minimum atomic E-state index is -3.65. The highest BCUT2D eigenvalue weighted by molar-refractivity contribution is 7.89. The fourth-order valence-electron chi connectivity index (χ4n) is 1.42. The summed E-state index contributed by atoms with van der Waals surface area (Å²) in [5.74, 6) is 0.466. The van der Waals surface area contributed by atoms with Crippen LogP contribution in [0, 0.1) is 5.92 Å². The van der Waals surface area contributed by atoms with Crippen molar-refractivity contribution in [2.75, 3.05) is 19.8 Å². The van der Waals surface area contributed by atoms with E-state index in [2.05, 4.69) is 28.8 Å². The second-order valence-corrected chi connectivity index (χ2v) is 6.31. The van der Waals surface area contributed by atoms with E-state index in [4.69, 9.17) is 9.84 Å². The number of hydrogen-bond acceptors (Lipinski definition) is 5. The zero-order valence-corrected chi connectivity index (χ0v) is 12.0. The monoisotopic (exact) mass is 291 g/mol. The van der Waals surface area contributed by atoms with Gasteiger partial charge in [0.1, 0.15) is 0 Å². The second kappa shape index (κ2) is 7.59. The van der Waals surface area contributed by atoms with Gasteiger partial charge in [0.2, 0.25) is 0 Å². The highest BCUT2D eigenvalue weighted by Crippen LogP contribution is 2.11. The molecule has 0 bridgehead atoms. The summed E-state index contributed by atoms with van der Waals surface area (Å²) in [5.41, 5.74) is 0.253. The molecule has 0 saturated carbocycles. The number of aromatic nitrogens is 2. The Morgan fingerprint density at radius 3 is 2.89 bits per heavy atom. The van der Waals surface area contributed by atoms with E-state index in [1.807, 2.05) is 0 Å². The lowest BCUT2D eigenvalue weighted by molar-refractivity contribution is 0.108. The lowest BCUT2D eigenvalue weighted by atomic mass is 10.2. The summed E-state index contributed by atoms with van der Waals surface area (Å²) in [5, 5.41) is 14.9. The van der Waals surface area contributed by atoms with Gasteiger partial charge in [-0.25, -0.2) is 13.1 Å². The summed E-state index contributed by atoms with van der Waals surface area (Å²) in [6.07, 6.45) is 1.88. The van der Waals surface area contributed by atoms with Gasteiger partial charge in [0.25, 0.3) is 10.0 Å². The molecule has 3 N–H and O–H groups in total. The maximum Gasteiger partial charge on any atom is 0.257 e. The van der Waals surface area contributed by atoms with Crippen molar-refractivity contribution in [3.63, 3.8) is 0 Å². The summed E-state index contributed by atoms with van der Waals surface area (Å²) < 4.78 is 31.5. The molecule has 1 heterocycles. The van der Waals surface area contributed by atoms with E-state index in [0.29, 0.717) is 25.6 Å². The van der Waals surface area contributed by atoms with Crippen LogP contribution in [0.5, 0.6) is 0 Å². The molecule has 1 aromatic heterocycles. The van der Waals surface area contributed by atoms with E-state index in [0.717, 1.165) is 0 Å². The molecular weight excluding hydrogens is 270 g/mol. The van der Waals surface area contributed by atoms with E-state index < -0.39 is 10.0 Å². The van der Waals surface area contributed by atoms with Gasteiger partial charge in [-0.15, -0.1) is 0 Å². The average molecular weight is 291 g/mol. The van der Waals surface area contributed by atoms with Gasteiger partial charge in [-0.1, -0.05) is 13.8 Å². The van der Waals surface area contributed by atoms with Crippen molar-refractivity contribution in [2.24, 2.45) is 5.92 Å². The number of hydrogen-bond donors (Lipinski definition) is 3. The summed E-state index contributed by atoms with van der Waals surface area (Å²) in [4.78, 5) is 0. The normalized spacial score (nSPS) is 12.2. The SMILES string of the molecule is CC(C)COCCCNS(=O)(=O)c1[nH]ncc1CO. The fourth-order valence-corrected chi connectivity index (χ4v) is 2.61. The quantitative estimate of drug-likeness (QED) is 0.565. The third kappa shape index (κ3) is 5.27. The van der Waals surface area contributed by atoms with E-state index in [1.165, 1.54) is 6.20 Å². The Kier molecular flexibility index (Phi) is 6.43. The number of rotatable bonds is 9. The average Bonchev–Trinajstić information content (AvgIpc) is 2.82. The van der Waals surface area contributed by atoms with Crippen molar-refractivity contribution >= 4 is 10.0 Å². The predicted molar refractivity (Wildman–Crippen MR) is 70.0 cm³/mol. The summed E-state index contributed by atoms with van der Waals surface area (Å²) in [6, 6.07) is 0. The van der Waals surface area contributed by atoms with Crippen LogP contribution in [0.25, 0.3) is 0 Å². The molecule has 0 aromatic carbocycles. The third-order valence-corrected chi connectivity index (χ3v) is 3.80. The van der Waals surface area contributed by atoms with Gasteiger partial charge in [0, 0.05) is 25.3 Å². The molecule has 0 saturated heterocycles. The zero-order chi connectivity index (χ0) is 14.3. The molecule has 7 nitrogen and oxygen atoms in total. The molecule has 1 rings (SSSR count). The van der Waals surface area contributed by atoms with E-state index in [1.54, 1.807) is 0 Å². The van der Waals surface area contributed by atoms with Crippen molar-refractivity contribution in [1.29, 1.82) is 0 Å². The van der Waals surface area contributed by atoms with Crippen LogP contribution in [0.2, 0.25) is 0 Å². The second-order valence-electron chi connectivity index (χ2n) is 4.60. The lowest BCUT2D eigenvalue weighted by Gasteiger charge is -2.08. The Labute approximate surface area is 113 Å². The molecule has 110 valence electrons. The van der Waals surface area contributed by atoms with Crippen LogP contribution in [0.15, 0.2) is 11.2 Å². The first-order chi connectivity index (χ1) is 8.97. The number of aromatic amines is 1. The molecule has 0 aliphatic carbocycles. The summed E-state index contributed by atoms with van der Waals surface area (Å²) in [7, 11) is -3.65. The van der Waals surface area contributed by atoms with Crippen molar-refractivity contribution in [1.82, 2.24) is 14.9 Å². The van der Waals surface area contributed by atoms with Gasteiger partial charge < -0.3 is 9.84 Å². The van der Waals surface area contributed by atoms with Gasteiger partial charge in [-0.3, -0.25) is 5.10 Å². The Morgan fingerprint density at radius 2 is 2.26 bits per heavy atom. The first kappa shape index (κ1) is 16.1. The van der Waals surface area contributed by atoms with Gasteiger partial charge in [0.15, 0.2) is 5.03 Å². The zero-order valence-electron chi connectivity index (χ0n) is 11.2. The largest absolute Gasteiger partial charge is 0.392 e. The highest BCUT2D eigenvalue weighted by Gasteiger charge is 2.19. The van der Waals surface area contributed by atoms with Crippen LogP contribution in [-0.2, 0) is 21.4 Å². The molecule has 0 fully saturated rings. The smallest absolute Gasteiger partial charge is 0.257 e. The van der Waals surface area contributed by atoms with Crippen LogP contribution in [0.4, 0.5) is 0 Å². The first-order valence-corrected chi connectivity index (χ1v) is 7.66. The Bertz CT molecular complexity index is 470. The van der Waals surface area contributed by atoms with Crippen LogP contribution in [0.1, 0.15) is 25.8 Å². The lowest BCUT2D eigenvalue weighted by Crippen LogP contribution is -2.27. The Morgan fingerprint density at radius 1 is 1.53 bits per heavy atom. The molecule has 0 aliphatic rings.